The molecule has 0 unspecified atom stereocenters. The van der Waals surface area contributed by atoms with E-state index < -0.39 is 10.8 Å². The minimum atomic E-state index is -0.765. The molecule has 0 fully saturated rings. The Kier molecular flexibility index (Phi) is 5.95. The zero-order chi connectivity index (χ0) is 27.4. The maximum atomic E-state index is 13.8. The monoisotopic (exact) mass is 514 g/mol. The number of hydrogen-bond donors (Lipinski definition) is 2. The molecule has 0 atom stereocenters. The number of amides is 2. The van der Waals surface area contributed by atoms with E-state index in [-0.39, 0.29) is 23.9 Å². The lowest BCUT2D eigenvalue weighted by atomic mass is 9.73. The van der Waals surface area contributed by atoms with Crippen LogP contribution in [-0.2, 0) is 9.59 Å². The topological polar surface area (TPSA) is 58.2 Å². The number of carbonyl (C=O) groups is 2. The van der Waals surface area contributed by atoms with Crippen LogP contribution >= 0.6 is 0 Å². The second-order valence-corrected chi connectivity index (χ2v) is 12.1. The van der Waals surface area contributed by atoms with Crippen LogP contribution in [0, 0.1) is 10.8 Å². The van der Waals surface area contributed by atoms with E-state index in [2.05, 4.69) is 59.2 Å². The van der Waals surface area contributed by atoms with Gasteiger partial charge in [0.15, 0.2) is 0 Å². The van der Waals surface area contributed by atoms with E-state index in [9.17, 15) is 9.59 Å². The molecule has 4 heteroatoms. The van der Waals surface area contributed by atoms with Gasteiger partial charge in [-0.2, -0.15) is 0 Å². The molecule has 0 radical (unpaired) electrons. The molecule has 0 spiro atoms. The Bertz CT molecular complexity index is 1390. The molecular weight excluding hydrogens is 480 g/mol. The maximum Gasteiger partial charge on any atom is 0.226 e. The van der Waals surface area contributed by atoms with Gasteiger partial charge in [0, 0.05) is 10.8 Å². The third-order valence-electron chi connectivity index (χ3n) is 8.33. The van der Waals surface area contributed by atoms with Crippen LogP contribution in [0.3, 0.4) is 0 Å². The van der Waals surface area contributed by atoms with Crippen LogP contribution in [-0.4, -0.2) is 11.8 Å². The van der Waals surface area contributed by atoms with Crippen molar-refractivity contribution in [2.45, 2.75) is 46.2 Å². The highest BCUT2D eigenvalue weighted by Crippen LogP contribution is 2.46. The first-order chi connectivity index (χ1) is 18.7. The number of nitrogens with one attached hydrogen (secondary N) is 2. The van der Waals surface area contributed by atoms with Crippen LogP contribution < -0.4 is 10.6 Å². The summed E-state index contributed by atoms with van der Waals surface area (Å²) < 4.78 is 0. The Morgan fingerprint density at radius 1 is 0.513 bits per heavy atom. The van der Waals surface area contributed by atoms with Crippen molar-refractivity contribution in [3.8, 4) is 22.3 Å². The normalized spacial score (nSPS) is 14.3. The van der Waals surface area contributed by atoms with Crippen LogP contribution in [0.25, 0.3) is 22.3 Å². The van der Waals surface area contributed by atoms with Crippen molar-refractivity contribution < 1.29 is 9.59 Å². The van der Waals surface area contributed by atoms with E-state index in [1.807, 2.05) is 76.2 Å². The molecule has 6 rings (SSSR count). The largest absolute Gasteiger partial charge is 0.345 e. The first kappa shape index (κ1) is 25.1. The van der Waals surface area contributed by atoms with Crippen molar-refractivity contribution in [1.29, 1.82) is 0 Å². The Morgan fingerprint density at radius 2 is 0.769 bits per heavy atom. The number of fused-ring (bicyclic) bond motifs is 6. The van der Waals surface area contributed by atoms with Crippen molar-refractivity contribution in [1.82, 2.24) is 10.6 Å². The Hall–Kier alpha value is -4.18. The smallest absolute Gasteiger partial charge is 0.226 e. The predicted molar refractivity (Wildman–Crippen MR) is 156 cm³/mol. The fourth-order valence-electron chi connectivity index (χ4n) is 6.54. The second kappa shape index (κ2) is 9.23. The number of carbonyl (C=O) groups excluding carboxylic acids is 2. The van der Waals surface area contributed by atoms with Gasteiger partial charge in [0.25, 0.3) is 0 Å². The molecule has 4 nitrogen and oxygen atoms in total. The Balaban J connectivity index is 1.20. The molecule has 0 aliphatic heterocycles. The summed E-state index contributed by atoms with van der Waals surface area (Å²) in [5.74, 6) is -0.118. The van der Waals surface area contributed by atoms with Crippen molar-refractivity contribution in [2.24, 2.45) is 10.8 Å². The van der Waals surface area contributed by atoms with E-state index in [1.165, 1.54) is 0 Å². The van der Waals surface area contributed by atoms with Gasteiger partial charge in [-0.05, 0) is 50.9 Å². The molecule has 39 heavy (non-hydrogen) atoms. The van der Waals surface area contributed by atoms with Crippen LogP contribution in [0.4, 0.5) is 0 Å². The number of rotatable bonds is 6. The van der Waals surface area contributed by atoms with E-state index >= 15 is 0 Å². The van der Waals surface area contributed by atoms with Gasteiger partial charge >= 0.3 is 0 Å². The summed E-state index contributed by atoms with van der Waals surface area (Å²) in [4.78, 5) is 27.5. The molecule has 0 bridgehead atoms. The number of benzene rings is 4. The number of hydrogen-bond acceptors (Lipinski definition) is 2. The molecule has 2 amide bonds. The summed E-state index contributed by atoms with van der Waals surface area (Å²) in [5.41, 5.74) is 7.55. The van der Waals surface area contributed by atoms with Gasteiger partial charge in [-0.3, -0.25) is 9.59 Å². The van der Waals surface area contributed by atoms with Gasteiger partial charge in [-0.15, -0.1) is 0 Å². The fraction of sp³-hybridized carbons (Fsp3) is 0.257. The zero-order valence-electron chi connectivity index (χ0n) is 22.9. The molecule has 0 saturated heterocycles. The summed E-state index contributed by atoms with van der Waals surface area (Å²) in [6.45, 7) is 7.74. The van der Waals surface area contributed by atoms with E-state index in [1.54, 1.807) is 0 Å². The average molecular weight is 515 g/mol. The molecule has 2 aliphatic rings. The SMILES string of the molecule is CC(C)(CC(C)(C)C(=O)NC1c2ccccc2-c2ccccc21)C(=O)NC1c2ccccc2-c2ccccc21. The minimum absolute atomic E-state index is 0.0589. The van der Waals surface area contributed by atoms with Crippen LogP contribution in [0.2, 0.25) is 0 Å². The first-order valence-corrected chi connectivity index (χ1v) is 13.7. The van der Waals surface area contributed by atoms with Crippen LogP contribution in [0.1, 0.15) is 68.5 Å². The minimum Gasteiger partial charge on any atom is -0.345 e. The lowest BCUT2D eigenvalue weighted by Crippen LogP contribution is -2.46. The average Bonchev–Trinajstić information content (AvgIpc) is 3.41. The molecule has 2 N–H and O–H groups in total. The molecule has 196 valence electrons. The van der Waals surface area contributed by atoms with Crippen molar-refractivity contribution in [3.05, 3.63) is 119 Å². The van der Waals surface area contributed by atoms with Crippen LogP contribution in [0.15, 0.2) is 97.1 Å². The highest BCUT2D eigenvalue weighted by molar-refractivity contribution is 5.89. The Labute approximate surface area is 230 Å². The summed E-state index contributed by atoms with van der Waals surface area (Å²) >= 11 is 0. The van der Waals surface area contributed by atoms with Crippen molar-refractivity contribution in [2.75, 3.05) is 0 Å². The zero-order valence-corrected chi connectivity index (χ0v) is 22.9. The highest BCUT2D eigenvalue weighted by Gasteiger charge is 2.42. The maximum absolute atomic E-state index is 13.8. The van der Waals surface area contributed by atoms with Crippen molar-refractivity contribution in [3.63, 3.8) is 0 Å². The van der Waals surface area contributed by atoms with Crippen molar-refractivity contribution >= 4 is 11.8 Å². The van der Waals surface area contributed by atoms with Gasteiger partial charge in [0.1, 0.15) is 0 Å². The third-order valence-corrected chi connectivity index (χ3v) is 8.33. The van der Waals surface area contributed by atoms with Gasteiger partial charge < -0.3 is 10.6 Å². The molecule has 4 aromatic carbocycles. The molecular formula is C35H34N2O2. The first-order valence-electron chi connectivity index (χ1n) is 13.7. The fourth-order valence-corrected chi connectivity index (χ4v) is 6.54. The lowest BCUT2D eigenvalue weighted by Gasteiger charge is -2.35. The molecule has 0 saturated carbocycles. The van der Waals surface area contributed by atoms with Gasteiger partial charge in [0.2, 0.25) is 11.8 Å². The Morgan fingerprint density at radius 3 is 1.05 bits per heavy atom. The summed E-state index contributed by atoms with van der Waals surface area (Å²) in [6, 6.07) is 32.6. The second-order valence-electron chi connectivity index (χ2n) is 12.1. The third kappa shape index (κ3) is 4.24. The quantitative estimate of drug-likeness (QED) is 0.286. The summed E-state index contributed by atoms with van der Waals surface area (Å²) in [6.07, 6.45) is 0.406. The standard InChI is InChI=1S/C35H34N2O2/c1-34(2,32(38)36-30-26-17-9-5-13-22(26)23-14-6-10-18-27(23)30)21-35(3,4)33(39)37-31-28-19-11-7-15-24(28)25-16-8-12-20-29(25)31/h5-20,30-31H,21H2,1-4H3,(H,36,38)(H,37,39). The molecule has 2 aliphatic carbocycles. The van der Waals surface area contributed by atoms with Gasteiger partial charge in [-0.1, -0.05) is 125 Å². The van der Waals surface area contributed by atoms with Crippen LogP contribution in [0.5, 0.6) is 0 Å². The lowest BCUT2D eigenvalue weighted by molar-refractivity contribution is -0.136. The van der Waals surface area contributed by atoms with E-state index in [4.69, 9.17) is 0 Å². The highest BCUT2D eigenvalue weighted by atomic mass is 16.2. The summed E-state index contributed by atoms with van der Waals surface area (Å²) in [7, 11) is 0. The van der Waals surface area contributed by atoms with E-state index in [0.717, 1.165) is 44.5 Å². The predicted octanol–water partition coefficient (Wildman–Crippen LogP) is 7.20. The summed E-state index contributed by atoms with van der Waals surface area (Å²) in [5, 5.41) is 6.64. The van der Waals surface area contributed by atoms with Gasteiger partial charge in [0.05, 0.1) is 12.1 Å². The molecule has 4 aromatic rings. The van der Waals surface area contributed by atoms with Gasteiger partial charge in [-0.25, -0.2) is 0 Å². The van der Waals surface area contributed by atoms with E-state index in [0.29, 0.717) is 6.42 Å². The molecule has 0 aromatic heterocycles. The molecule has 0 heterocycles.